The van der Waals surface area contributed by atoms with Crippen molar-refractivity contribution in [3.05, 3.63) is 59.4 Å². The van der Waals surface area contributed by atoms with Crippen molar-refractivity contribution < 1.29 is 9.18 Å². The summed E-state index contributed by atoms with van der Waals surface area (Å²) in [6.07, 6.45) is 4.48. The van der Waals surface area contributed by atoms with E-state index in [4.69, 9.17) is 0 Å². The Labute approximate surface area is 112 Å². The third-order valence-corrected chi connectivity index (χ3v) is 3.90. The lowest BCUT2D eigenvalue weighted by molar-refractivity contribution is 0.112. The predicted molar refractivity (Wildman–Crippen MR) is 73.8 cm³/mol. The first-order valence-electron chi connectivity index (χ1n) is 6.63. The highest BCUT2D eigenvalue weighted by Crippen LogP contribution is 2.37. The molecule has 1 aliphatic carbocycles. The van der Waals surface area contributed by atoms with Crippen LogP contribution in [-0.4, -0.2) is 6.29 Å². The Kier molecular flexibility index (Phi) is 3.16. The summed E-state index contributed by atoms with van der Waals surface area (Å²) in [6, 6.07) is 12.5. The Hall–Kier alpha value is -1.96. The molecule has 0 bridgehead atoms. The molecule has 2 heteroatoms. The number of aldehydes is 1. The molecule has 0 aromatic heterocycles. The van der Waals surface area contributed by atoms with E-state index in [9.17, 15) is 9.18 Å². The second kappa shape index (κ2) is 4.96. The van der Waals surface area contributed by atoms with Crippen LogP contribution in [0.2, 0.25) is 0 Å². The van der Waals surface area contributed by atoms with Crippen molar-refractivity contribution in [1.82, 2.24) is 0 Å². The first kappa shape index (κ1) is 12.1. The highest BCUT2D eigenvalue weighted by molar-refractivity contribution is 5.79. The van der Waals surface area contributed by atoms with Gasteiger partial charge in [-0.15, -0.1) is 0 Å². The molecular formula is C17H15FO. The summed E-state index contributed by atoms with van der Waals surface area (Å²) in [5.41, 5.74) is 3.14. The van der Waals surface area contributed by atoms with E-state index in [-0.39, 0.29) is 5.82 Å². The molecule has 2 aromatic carbocycles. The average Bonchev–Trinajstić information content (AvgIpc) is 2.38. The molecule has 2 aromatic rings. The van der Waals surface area contributed by atoms with Gasteiger partial charge in [-0.3, -0.25) is 4.79 Å². The van der Waals surface area contributed by atoms with Crippen LogP contribution in [0.5, 0.6) is 0 Å². The minimum Gasteiger partial charge on any atom is -0.298 e. The lowest BCUT2D eigenvalue weighted by Crippen LogP contribution is -2.08. The van der Waals surface area contributed by atoms with Crippen LogP contribution >= 0.6 is 0 Å². The van der Waals surface area contributed by atoms with E-state index in [0.717, 1.165) is 11.8 Å². The second-order valence-electron chi connectivity index (χ2n) is 5.11. The van der Waals surface area contributed by atoms with Gasteiger partial charge in [0.2, 0.25) is 0 Å². The molecule has 0 amide bonds. The number of benzene rings is 2. The van der Waals surface area contributed by atoms with Gasteiger partial charge in [0.1, 0.15) is 12.1 Å². The van der Waals surface area contributed by atoms with Crippen LogP contribution in [0.25, 0.3) is 11.1 Å². The summed E-state index contributed by atoms with van der Waals surface area (Å²) in [5.74, 6) is 0.341. The molecule has 19 heavy (non-hydrogen) atoms. The molecule has 0 unspecified atom stereocenters. The van der Waals surface area contributed by atoms with Crippen LogP contribution < -0.4 is 0 Å². The topological polar surface area (TPSA) is 17.1 Å². The second-order valence-corrected chi connectivity index (χ2v) is 5.11. The number of rotatable bonds is 3. The maximum atomic E-state index is 13.9. The Morgan fingerprint density at radius 2 is 1.95 bits per heavy atom. The lowest BCUT2D eigenvalue weighted by atomic mass is 9.79. The van der Waals surface area contributed by atoms with Gasteiger partial charge in [0, 0.05) is 11.1 Å². The molecular weight excluding hydrogens is 239 g/mol. The molecule has 1 aliphatic rings. The van der Waals surface area contributed by atoms with Crippen molar-refractivity contribution in [1.29, 1.82) is 0 Å². The summed E-state index contributed by atoms with van der Waals surface area (Å²) >= 11 is 0. The normalized spacial score (nSPS) is 15.0. The van der Waals surface area contributed by atoms with Crippen molar-refractivity contribution >= 4 is 6.29 Å². The molecule has 0 radical (unpaired) electrons. The zero-order valence-corrected chi connectivity index (χ0v) is 10.6. The molecule has 0 aliphatic heterocycles. The predicted octanol–water partition coefficient (Wildman–Crippen LogP) is 4.57. The van der Waals surface area contributed by atoms with E-state index < -0.39 is 0 Å². The summed E-state index contributed by atoms with van der Waals surface area (Å²) in [6.45, 7) is 0. The van der Waals surface area contributed by atoms with E-state index >= 15 is 0 Å². The van der Waals surface area contributed by atoms with Gasteiger partial charge in [0.15, 0.2) is 0 Å². The first-order valence-corrected chi connectivity index (χ1v) is 6.63. The maximum absolute atomic E-state index is 13.9. The maximum Gasteiger partial charge on any atom is 0.150 e. The summed E-state index contributed by atoms with van der Waals surface area (Å²) in [5, 5.41) is 0. The fourth-order valence-electron chi connectivity index (χ4n) is 2.54. The van der Waals surface area contributed by atoms with Gasteiger partial charge in [-0.25, -0.2) is 4.39 Å². The molecule has 0 spiro atoms. The highest BCUT2D eigenvalue weighted by Gasteiger charge is 2.19. The SMILES string of the molecule is O=Cc1ccc(F)c(-c2cccc(C3CCC3)c2)c1. The molecule has 1 saturated carbocycles. The Morgan fingerprint density at radius 1 is 1.11 bits per heavy atom. The van der Waals surface area contributed by atoms with Crippen LogP contribution in [0.4, 0.5) is 4.39 Å². The number of hydrogen-bond acceptors (Lipinski definition) is 1. The summed E-state index contributed by atoms with van der Waals surface area (Å²) < 4.78 is 13.9. The van der Waals surface area contributed by atoms with E-state index in [1.54, 1.807) is 6.07 Å². The van der Waals surface area contributed by atoms with Gasteiger partial charge in [0.25, 0.3) is 0 Å². The lowest BCUT2D eigenvalue weighted by Gasteiger charge is -2.26. The van der Waals surface area contributed by atoms with E-state index in [0.29, 0.717) is 17.0 Å². The van der Waals surface area contributed by atoms with Crippen LogP contribution in [0, 0.1) is 5.82 Å². The molecule has 1 fully saturated rings. The molecule has 0 saturated heterocycles. The number of hydrogen-bond donors (Lipinski definition) is 0. The molecule has 1 nitrogen and oxygen atoms in total. The fourth-order valence-corrected chi connectivity index (χ4v) is 2.54. The quantitative estimate of drug-likeness (QED) is 0.733. The standard InChI is InChI=1S/C17H15FO/c18-17-8-7-12(11-19)9-16(17)15-6-2-5-14(10-15)13-3-1-4-13/h2,5-11,13H,1,3-4H2. The molecule has 0 N–H and O–H groups in total. The third kappa shape index (κ3) is 2.30. The minimum atomic E-state index is -0.281. The highest BCUT2D eigenvalue weighted by atomic mass is 19.1. The van der Waals surface area contributed by atoms with Gasteiger partial charge >= 0.3 is 0 Å². The average molecular weight is 254 g/mol. The van der Waals surface area contributed by atoms with E-state index in [1.807, 2.05) is 12.1 Å². The van der Waals surface area contributed by atoms with Crippen LogP contribution in [0.15, 0.2) is 42.5 Å². The zero-order valence-electron chi connectivity index (χ0n) is 10.6. The van der Waals surface area contributed by atoms with Crippen molar-refractivity contribution in [2.24, 2.45) is 0 Å². The van der Waals surface area contributed by atoms with Crippen molar-refractivity contribution in [2.45, 2.75) is 25.2 Å². The Morgan fingerprint density at radius 3 is 2.63 bits per heavy atom. The van der Waals surface area contributed by atoms with E-state index in [1.165, 1.54) is 37.0 Å². The molecule has 0 heterocycles. The van der Waals surface area contributed by atoms with Crippen LogP contribution in [0.3, 0.4) is 0 Å². The summed E-state index contributed by atoms with van der Waals surface area (Å²) in [7, 11) is 0. The fraction of sp³-hybridized carbons (Fsp3) is 0.235. The zero-order chi connectivity index (χ0) is 13.2. The largest absolute Gasteiger partial charge is 0.298 e. The molecule has 96 valence electrons. The number of carbonyl (C=O) groups is 1. The third-order valence-electron chi connectivity index (χ3n) is 3.90. The van der Waals surface area contributed by atoms with Crippen molar-refractivity contribution in [3.8, 4) is 11.1 Å². The van der Waals surface area contributed by atoms with Gasteiger partial charge in [0.05, 0.1) is 0 Å². The smallest absolute Gasteiger partial charge is 0.150 e. The number of halogens is 1. The van der Waals surface area contributed by atoms with Crippen molar-refractivity contribution in [2.75, 3.05) is 0 Å². The van der Waals surface area contributed by atoms with Gasteiger partial charge in [-0.1, -0.05) is 30.7 Å². The van der Waals surface area contributed by atoms with Crippen LogP contribution in [0.1, 0.15) is 41.1 Å². The monoisotopic (exact) mass is 254 g/mol. The van der Waals surface area contributed by atoms with Crippen molar-refractivity contribution in [3.63, 3.8) is 0 Å². The Bertz CT molecular complexity index is 614. The minimum absolute atomic E-state index is 0.281. The van der Waals surface area contributed by atoms with Crippen LogP contribution in [-0.2, 0) is 0 Å². The van der Waals surface area contributed by atoms with Gasteiger partial charge in [-0.05, 0) is 48.1 Å². The molecule has 3 rings (SSSR count). The first-order chi connectivity index (χ1) is 9.28. The summed E-state index contributed by atoms with van der Waals surface area (Å²) in [4.78, 5) is 10.8. The molecule has 0 atom stereocenters. The number of carbonyl (C=O) groups excluding carboxylic acids is 1. The Balaban J connectivity index is 2.03. The van der Waals surface area contributed by atoms with Gasteiger partial charge < -0.3 is 0 Å². The van der Waals surface area contributed by atoms with E-state index in [2.05, 4.69) is 12.1 Å². The van der Waals surface area contributed by atoms with Gasteiger partial charge in [-0.2, -0.15) is 0 Å².